The average molecular weight is 494 g/mol. The molecule has 8 nitrogen and oxygen atoms in total. The summed E-state index contributed by atoms with van der Waals surface area (Å²) in [5.74, 6) is 0.488. The van der Waals surface area contributed by atoms with E-state index in [0.717, 1.165) is 5.56 Å². The molecule has 1 amide bonds. The van der Waals surface area contributed by atoms with Gasteiger partial charge in [-0.3, -0.25) is 4.79 Å². The van der Waals surface area contributed by atoms with Crippen molar-refractivity contribution in [3.8, 4) is 11.4 Å². The van der Waals surface area contributed by atoms with Crippen LogP contribution in [0, 0.1) is 0 Å². The Labute approximate surface area is 197 Å². The highest BCUT2D eigenvalue weighted by atomic mass is 35.5. The SMILES string of the molecule is CCN(CC)S(=O)(=O)c1cccc(NC(=O)CSc2nnc(-c3ccc(Cl)cc3)n2C)c1. The number of thioether (sulfide) groups is 1. The number of hydrogen-bond acceptors (Lipinski definition) is 6. The van der Waals surface area contributed by atoms with E-state index in [0.29, 0.717) is 34.8 Å². The van der Waals surface area contributed by atoms with Crippen LogP contribution in [0.2, 0.25) is 5.02 Å². The zero-order chi connectivity index (χ0) is 23.3. The summed E-state index contributed by atoms with van der Waals surface area (Å²) < 4.78 is 28.6. The number of amides is 1. The topological polar surface area (TPSA) is 97.2 Å². The molecule has 11 heteroatoms. The minimum atomic E-state index is -3.60. The lowest BCUT2D eigenvalue weighted by Crippen LogP contribution is -2.30. The van der Waals surface area contributed by atoms with Crippen LogP contribution in [0.3, 0.4) is 0 Å². The maximum atomic E-state index is 12.7. The molecule has 3 rings (SSSR count). The smallest absolute Gasteiger partial charge is 0.243 e. The van der Waals surface area contributed by atoms with Crippen molar-refractivity contribution in [1.82, 2.24) is 19.1 Å². The molecule has 1 aromatic heterocycles. The zero-order valence-electron chi connectivity index (χ0n) is 17.9. The van der Waals surface area contributed by atoms with Gasteiger partial charge in [0.15, 0.2) is 11.0 Å². The van der Waals surface area contributed by atoms with Crippen molar-refractivity contribution < 1.29 is 13.2 Å². The Hall–Kier alpha value is -2.40. The number of carbonyl (C=O) groups is 1. The number of anilines is 1. The molecule has 0 bridgehead atoms. The second-order valence-electron chi connectivity index (χ2n) is 6.83. The number of carbonyl (C=O) groups excluding carboxylic acids is 1. The first-order chi connectivity index (χ1) is 15.3. The summed E-state index contributed by atoms with van der Waals surface area (Å²) in [6, 6.07) is 13.5. The van der Waals surface area contributed by atoms with Crippen molar-refractivity contribution >= 4 is 45.0 Å². The quantitative estimate of drug-likeness (QED) is 0.454. The lowest BCUT2D eigenvalue weighted by Gasteiger charge is -2.18. The second-order valence-corrected chi connectivity index (χ2v) is 10.1. The van der Waals surface area contributed by atoms with E-state index in [4.69, 9.17) is 11.6 Å². The van der Waals surface area contributed by atoms with Crippen molar-refractivity contribution in [3.63, 3.8) is 0 Å². The molecule has 0 aliphatic heterocycles. The number of nitrogens with one attached hydrogen (secondary N) is 1. The number of sulfonamides is 1. The van der Waals surface area contributed by atoms with Gasteiger partial charge in [0.2, 0.25) is 15.9 Å². The van der Waals surface area contributed by atoms with Gasteiger partial charge < -0.3 is 9.88 Å². The molecule has 0 saturated heterocycles. The number of aromatic nitrogens is 3. The highest BCUT2D eigenvalue weighted by molar-refractivity contribution is 7.99. The lowest BCUT2D eigenvalue weighted by atomic mass is 10.2. The van der Waals surface area contributed by atoms with Crippen LogP contribution in [0.1, 0.15) is 13.8 Å². The predicted molar refractivity (Wildman–Crippen MR) is 127 cm³/mol. The summed E-state index contributed by atoms with van der Waals surface area (Å²) in [7, 11) is -1.77. The summed E-state index contributed by atoms with van der Waals surface area (Å²) >= 11 is 7.17. The van der Waals surface area contributed by atoms with Crippen molar-refractivity contribution in [3.05, 3.63) is 53.6 Å². The Morgan fingerprint density at radius 3 is 2.47 bits per heavy atom. The summed E-state index contributed by atoms with van der Waals surface area (Å²) in [5, 5.41) is 12.3. The Morgan fingerprint density at radius 1 is 1.12 bits per heavy atom. The highest BCUT2D eigenvalue weighted by Gasteiger charge is 2.22. The molecule has 1 N–H and O–H groups in total. The fourth-order valence-electron chi connectivity index (χ4n) is 3.07. The molecule has 0 atom stereocenters. The van der Waals surface area contributed by atoms with Gasteiger partial charge in [0.1, 0.15) is 0 Å². The van der Waals surface area contributed by atoms with Gasteiger partial charge in [0, 0.05) is 36.4 Å². The van der Waals surface area contributed by atoms with Gasteiger partial charge in [0.05, 0.1) is 10.6 Å². The van der Waals surface area contributed by atoms with E-state index in [9.17, 15) is 13.2 Å². The lowest BCUT2D eigenvalue weighted by molar-refractivity contribution is -0.113. The maximum absolute atomic E-state index is 12.7. The normalized spacial score (nSPS) is 11.7. The van der Waals surface area contributed by atoms with Crippen LogP contribution in [0.25, 0.3) is 11.4 Å². The van der Waals surface area contributed by atoms with Crippen molar-refractivity contribution in [2.24, 2.45) is 7.05 Å². The van der Waals surface area contributed by atoms with Crippen molar-refractivity contribution in [2.75, 3.05) is 24.2 Å². The van der Waals surface area contributed by atoms with Crippen LogP contribution in [0.4, 0.5) is 5.69 Å². The Balaban J connectivity index is 1.66. The van der Waals surface area contributed by atoms with Gasteiger partial charge in [0.25, 0.3) is 0 Å². The number of rotatable bonds is 9. The first-order valence-corrected chi connectivity index (χ1v) is 12.7. The monoisotopic (exact) mass is 493 g/mol. The molecule has 0 radical (unpaired) electrons. The molecule has 0 saturated carbocycles. The molecule has 1 heterocycles. The molecule has 2 aromatic carbocycles. The van der Waals surface area contributed by atoms with Crippen LogP contribution in [-0.2, 0) is 21.9 Å². The number of benzene rings is 2. The van der Waals surface area contributed by atoms with E-state index in [1.807, 2.05) is 19.2 Å². The second kappa shape index (κ2) is 10.5. The molecule has 170 valence electrons. The molecule has 0 spiro atoms. The number of hydrogen-bond donors (Lipinski definition) is 1. The van der Waals surface area contributed by atoms with E-state index in [1.165, 1.54) is 28.2 Å². The van der Waals surface area contributed by atoms with E-state index >= 15 is 0 Å². The molecular weight excluding hydrogens is 470 g/mol. The highest BCUT2D eigenvalue weighted by Crippen LogP contribution is 2.24. The maximum Gasteiger partial charge on any atom is 0.243 e. The van der Waals surface area contributed by atoms with Crippen LogP contribution >= 0.6 is 23.4 Å². The fraction of sp³-hybridized carbons (Fsp3) is 0.286. The molecule has 0 fully saturated rings. The van der Waals surface area contributed by atoms with Crippen LogP contribution < -0.4 is 5.32 Å². The predicted octanol–water partition coefficient (Wildman–Crippen LogP) is 3.90. The van der Waals surface area contributed by atoms with Gasteiger partial charge >= 0.3 is 0 Å². The largest absolute Gasteiger partial charge is 0.325 e. The van der Waals surface area contributed by atoms with Gasteiger partial charge in [-0.2, -0.15) is 4.31 Å². The van der Waals surface area contributed by atoms with Gasteiger partial charge in [-0.05, 0) is 42.5 Å². The molecular formula is C21H24ClN5O3S2. The Morgan fingerprint density at radius 2 is 1.81 bits per heavy atom. The molecule has 0 aliphatic rings. The third-order valence-electron chi connectivity index (χ3n) is 4.73. The number of halogens is 1. The Kier molecular flexibility index (Phi) is 7.94. The van der Waals surface area contributed by atoms with Gasteiger partial charge in [-0.15, -0.1) is 10.2 Å². The summed E-state index contributed by atoms with van der Waals surface area (Å²) in [6.45, 7) is 4.33. The van der Waals surface area contributed by atoms with Gasteiger partial charge in [-0.1, -0.05) is 43.3 Å². The number of nitrogens with zero attached hydrogens (tertiary/aromatic N) is 4. The minimum absolute atomic E-state index is 0.0968. The third kappa shape index (κ3) is 5.50. The van der Waals surface area contributed by atoms with Gasteiger partial charge in [-0.25, -0.2) is 8.42 Å². The summed E-state index contributed by atoms with van der Waals surface area (Å²) in [4.78, 5) is 12.6. The first kappa shape index (κ1) is 24.2. The molecule has 0 unspecified atom stereocenters. The van der Waals surface area contributed by atoms with E-state index in [1.54, 1.807) is 42.7 Å². The zero-order valence-corrected chi connectivity index (χ0v) is 20.3. The average Bonchev–Trinajstić information content (AvgIpc) is 3.14. The summed E-state index contributed by atoms with van der Waals surface area (Å²) in [5.41, 5.74) is 1.29. The molecule has 0 aliphatic carbocycles. The molecule has 32 heavy (non-hydrogen) atoms. The molecule has 3 aromatic rings. The van der Waals surface area contributed by atoms with E-state index in [-0.39, 0.29) is 16.6 Å². The minimum Gasteiger partial charge on any atom is -0.325 e. The Bertz CT molecular complexity index is 1190. The first-order valence-electron chi connectivity index (χ1n) is 9.94. The van der Waals surface area contributed by atoms with E-state index < -0.39 is 10.0 Å². The van der Waals surface area contributed by atoms with E-state index in [2.05, 4.69) is 15.5 Å². The van der Waals surface area contributed by atoms with Crippen molar-refractivity contribution in [1.29, 1.82) is 0 Å². The van der Waals surface area contributed by atoms with Crippen LogP contribution in [0.5, 0.6) is 0 Å². The van der Waals surface area contributed by atoms with Crippen molar-refractivity contribution in [2.45, 2.75) is 23.9 Å². The van der Waals surface area contributed by atoms with Crippen LogP contribution in [-0.4, -0.2) is 52.2 Å². The third-order valence-corrected chi connectivity index (χ3v) is 8.05. The van der Waals surface area contributed by atoms with Crippen LogP contribution in [0.15, 0.2) is 58.6 Å². The fourth-order valence-corrected chi connectivity index (χ4v) is 5.41. The summed E-state index contributed by atoms with van der Waals surface area (Å²) in [6.07, 6.45) is 0. The standard InChI is InChI=1S/C21H24ClN5O3S2/c1-4-27(5-2)32(29,30)18-8-6-7-17(13-18)23-19(28)14-31-21-25-24-20(26(21)3)15-9-11-16(22)12-10-15/h6-13H,4-5,14H2,1-3H3,(H,23,28).